The largest absolute Gasteiger partial charge is 0.508 e. The molecule has 220 valence electrons. The van der Waals surface area contributed by atoms with Crippen LogP contribution in [-0.2, 0) is 27.4 Å². The summed E-state index contributed by atoms with van der Waals surface area (Å²) in [4.78, 5) is 4.28. The minimum atomic E-state index is 0.234. The van der Waals surface area contributed by atoms with Gasteiger partial charge in [0.15, 0.2) is 0 Å². The number of aliphatic hydroxyl groups excluding tert-OH is 1. The summed E-state index contributed by atoms with van der Waals surface area (Å²) in [5.74, 6) is 1.60. The van der Waals surface area contributed by atoms with Crippen LogP contribution in [0.15, 0.2) is 66.2 Å². The molecular weight excluding hydrogens is 496 g/mol. The van der Waals surface area contributed by atoms with E-state index in [9.17, 15) is 5.11 Å². The van der Waals surface area contributed by atoms with Gasteiger partial charge in [0.2, 0.25) is 0 Å². The predicted octanol–water partition coefficient (Wildman–Crippen LogP) is 6.27. The monoisotopic (exact) mass is 546 g/mol. The van der Waals surface area contributed by atoms with E-state index in [0.717, 1.165) is 31.4 Å². The zero-order valence-corrected chi connectivity index (χ0v) is 24.7. The first-order valence-electron chi connectivity index (χ1n) is 13.8. The molecule has 1 unspecified atom stereocenters. The van der Waals surface area contributed by atoms with Crippen molar-refractivity contribution >= 4 is 0 Å². The molecule has 8 nitrogen and oxygen atoms in total. The Balaban J connectivity index is 0.000000924. The van der Waals surface area contributed by atoms with Gasteiger partial charge >= 0.3 is 0 Å². The number of ether oxygens (including phenoxy) is 4. The number of hydrogen-bond donors (Lipinski definition) is 3. The third kappa shape index (κ3) is 17.2. The maximum Gasteiger partial charge on any atom is 0.137 e. The number of rotatable bonds is 12. The van der Waals surface area contributed by atoms with Crippen LogP contribution in [0.3, 0.4) is 0 Å². The quantitative estimate of drug-likeness (QED) is 0.211. The first kappa shape index (κ1) is 35.9. The van der Waals surface area contributed by atoms with Crippen molar-refractivity contribution in [3.8, 4) is 11.5 Å². The van der Waals surface area contributed by atoms with Gasteiger partial charge in [-0.05, 0) is 62.9 Å². The first-order chi connectivity index (χ1) is 19.0. The molecule has 39 heavy (non-hydrogen) atoms. The molecule has 3 rings (SSSR count). The van der Waals surface area contributed by atoms with Gasteiger partial charge in [-0.15, -0.1) is 0 Å². The number of allylic oxidation sites excluding steroid dienone is 2. The second-order valence-electron chi connectivity index (χ2n) is 8.15. The number of nitrogens with zero attached hydrogens (tertiary/aromatic N) is 1. The van der Waals surface area contributed by atoms with Gasteiger partial charge in [-0.1, -0.05) is 45.1 Å². The molecule has 1 aliphatic heterocycles. The first-order valence-corrected chi connectivity index (χ1v) is 13.8. The second-order valence-corrected chi connectivity index (χ2v) is 8.15. The topological polar surface area (TPSA) is 116 Å². The summed E-state index contributed by atoms with van der Waals surface area (Å²) in [6.45, 7) is 12.9. The molecule has 1 atom stereocenters. The van der Waals surface area contributed by atoms with E-state index in [1.807, 2.05) is 52.0 Å². The van der Waals surface area contributed by atoms with Gasteiger partial charge < -0.3 is 34.9 Å². The van der Waals surface area contributed by atoms with Crippen molar-refractivity contribution in [2.24, 2.45) is 5.73 Å². The van der Waals surface area contributed by atoms with Gasteiger partial charge in [0.1, 0.15) is 23.9 Å². The standard InChI is InChI=1S/C20H26N2O4.C8H14O.C2H6.CH4O/c1-3-24-14-17-6-9-19(12-22-17)25-11-10-20(21)15(2)26-13-16-4-7-18(23)8-5-16;1-2-3-5-8-6-4-7-9-8;2*1-2/h4-9,12,23H,3,10-11,13-14,21H2,1-2H3;3,5,8H,2,4,6-7H2,1H3;1-2H3;2H,1H3/b20-15-;5-3-;;. The normalized spacial score (nSPS) is 14.6. The summed E-state index contributed by atoms with van der Waals surface area (Å²) < 4.78 is 22.0. The number of aromatic nitrogens is 1. The number of nitrogens with two attached hydrogens (primary N) is 1. The van der Waals surface area contributed by atoms with Crippen LogP contribution in [0.25, 0.3) is 0 Å². The third-order valence-electron chi connectivity index (χ3n) is 5.29. The van der Waals surface area contributed by atoms with Crippen LogP contribution >= 0.6 is 0 Å². The lowest BCUT2D eigenvalue weighted by atomic mass is 10.2. The molecule has 1 aromatic heterocycles. The maximum absolute atomic E-state index is 9.27. The van der Waals surface area contributed by atoms with Crippen molar-refractivity contribution in [2.45, 2.75) is 79.6 Å². The van der Waals surface area contributed by atoms with Gasteiger partial charge in [0, 0.05) is 32.4 Å². The Labute approximate surface area is 235 Å². The van der Waals surface area contributed by atoms with Gasteiger partial charge in [0.25, 0.3) is 0 Å². The molecule has 1 fully saturated rings. The third-order valence-corrected chi connectivity index (χ3v) is 5.29. The van der Waals surface area contributed by atoms with E-state index in [2.05, 4.69) is 24.1 Å². The Morgan fingerprint density at radius 1 is 1.10 bits per heavy atom. The fourth-order valence-corrected chi connectivity index (χ4v) is 3.16. The second kappa shape index (κ2) is 24.0. The average Bonchev–Trinajstić information content (AvgIpc) is 3.51. The van der Waals surface area contributed by atoms with Crippen molar-refractivity contribution in [1.29, 1.82) is 0 Å². The highest BCUT2D eigenvalue weighted by Gasteiger charge is 2.10. The van der Waals surface area contributed by atoms with E-state index in [1.54, 1.807) is 18.3 Å². The van der Waals surface area contributed by atoms with Crippen LogP contribution in [0.1, 0.15) is 71.6 Å². The fourth-order valence-electron chi connectivity index (χ4n) is 3.16. The summed E-state index contributed by atoms with van der Waals surface area (Å²) >= 11 is 0. The lowest BCUT2D eigenvalue weighted by Crippen LogP contribution is -2.09. The molecule has 2 heterocycles. The van der Waals surface area contributed by atoms with Crippen LogP contribution in [0.5, 0.6) is 11.5 Å². The number of pyridine rings is 1. The summed E-state index contributed by atoms with van der Waals surface area (Å²) in [5, 5.41) is 16.3. The smallest absolute Gasteiger partial charge is 0.137 e. The molecule has 0 saturated carbocycles. The molecule has 0 amide bonds. The number of aromatic hydroxyl groups is 1. The highest BCUT2D eigenvalue weighted by Crippen LogP contribution is 2.15. The molecule has 8 heteroatoms. The molecule has 1 saturated heterocycles. The maximum atomic E-state index is 9.27. The van der Waals surface area contributed by atoms with Crippen LogP contribution in [0.2, 0.25) is 0 Å². The highest BCUT2D eigenvalue weighted by molar-refractivity contribution is 5.25. The number of aliphatic hydroxyl groups is 1. The van der Waals surface area contributed by atoms with Crippen LogP contribution in [0.4, 0.5) is 0 Å². The summed E-state index contributed by atoms with van der Waals surface area (Å²) in [7, 11) is 1.00. The molecule has 1 aromatic carbocycles. The predicted molar refractivity (Wildman–Crippen MR) is 157 cm³/mol. The Morgan fingerprint density at radius 2 is 1.82 bits per heavy atom. The van der Waals surface area contributed by atoms with E-state index in [-0.39, 0.29) is 5.75 Å². The van der Waals surface area contributed by atoms with Crippen LogP contribution in [-0.4, -0.2) is 48.2 Å². The van der Waals surface area contributed by atoms with Crippen molar-refractivity contribution in [1.82, 2.24) is 4.98 Å². The summed E-state index contributed by atoms with van der Waals surface area (Å²) in [5.41, 5.74) is 8.53. The number of phenols is 1. The minimum Gasteiger partial charge on any atom is -0.508 e. The van der Waals surface area contributed by atoms with E-state index >= 15 is 0 Å². The molecule has 0 radical (unpaired) electrons. The van der Waals surface area contributed by atoms with Crippen molar-refractivity contribution in [2.75, 3.05) is 26.9 Å². The Hall–Kier alpha value is -3.07. The van der Waals surface area contributed by atoms with Crippen LogP contribution < -0.4 is 10.5 Å². The van der Waals surface area contributed by atoms with E-state index < -0.39 is 0 Å². The molecule has 0 bridgehead atoms. The number of benzene rings is 1. The Morgan fingerprint density at radius 3 is 2.38 bits per heavy atom. The molecule has 2 aromatic rings. The van der Waals surface area contributed by atoms with Crippen molar-refractivity contribution in [3.63, 3.8) is 0 Å². The minimum absolute atomic E-state index is 0.234. The average molecular weight is 547 g/mol. The Bertz CT molecular complexity index is 892. The van der Waals surface area contributed by atoms with Crippen LogP contribution in [0, 0.1) is 0 Å². The molecule has 0 aliphatic carbocycles. The van der Waals surface area contributed by atoms with Gasteiger partial charge in [-0.25, -0.2) is 0 Å². The number of hydrogen-bond acceptors (Lipinski definition) is 8. The van der Waals surface area contributed by atoms with Crippen molar-refractivity contribution in [3.05, 3.63) is 77.5 Å². The lowest BCUT2D eigenvalue weighted by molar-refractivity contribution is 0.131. The fraction of sp³-hybridized carbons (Fsp3) is 0.516. The molecule has 0 spiro atoms. The van der Waals surface area contributed by atoms with Gasteiger partial charge in [-0.2, -0.15) is 0 Å². The van der Waals surface area contributed by atoms with Crippen molar-refractivity contribution < 1.29 is 29.2 Å². The van der Waals surface area contributed by atoms with Gasteiger partial charge in [0.05, 0.1) is 31.2 Å². The molecule has 1 aliphatic rings. The highest BCUT2D eigenvalue weighted by atomic mass is 16.5. The molecular formula is C31H50N2O6. The summed E-state index contributed by atoms with van der Waals surface area (Å²) in [6, 6.07) is 10.6. The summed E-state index contributed by atoms with van der Waals surface area (Å²) in [6.07, 6.45) is 10.6. The zero-order chi connectivity index (χ0) is 29.3. The van der Waals surface area contributed by atoms with E-state index in [4.69, 9.17) is 29.8 Å². The molecule has 4 N–H and O–H groups in total. The lowest BCUT2D eigenvalue weighted by Gasteiger charge is -2.11. The SMILES string of the molecule is CC.CC/C=C\C1CCCO1.CCOCc1ccc(OCC/C(N)=C(\C)OCc2ccc(O)cc2)cn1.CO. The van der Waals surface area contributed by atoms with E-state index in [1.165, 1.54) is 12.8 Å². The van der Waals surface area contributed by atoms with E-state index in [0.29, 0.717) is 56.2 Å². The zero-order valence-electron chi connectivity index (χ0n) is 24.7. The Kier molecular flexibility index (Phi) is 22.1. The number of phenolic OH excluding ortho intramolecular Hbond substituents is 1. The van der Waals surface area contributed by atoms with Gasteiger partial charge in [-0.3, -0.25) is 4.98 Å².